The van der Waals surface area contributed by atoms with Gasteiger partial charge in [0.15, 0.2) is 0 Å². The van der Waals surface area contributed by atoms with E-state index in [1.54, 1.807) is 6.92 Å². The van der Waals surface area contributed by atoms with Crippen molar-refractivity contribution in [3.8, 4) is 0 Å². The highest BCUT2D eigenvalue weighted by Crippen LogP contribution is 2.25. The van der Waals surface area contributed by atoms with E-state index in [0.29, 0.717) is 0 Å². The van der Waals surface area contributed by atoms with Crippen LogP contribution in [0.3, 0.4) is 0 Å². The Morgan fingerprint density at radius 3 is 2.75 bits per heavy atom. The summed E-state index contributed by atoms with van der Waals surface area (Å²) >= 11 is 0. The lowest BCUT2D eigenvalue weighted by Crippen LogP contribution is -2.44. The fourth-order valence-electron chi connectivity index (χ4n) is 2.73. The minimum Gasteiger partial charge on any atom is -0.349 e. The number of amides is 1. The summed E-state index contributed by atoms with van der Waals surface area (Å²) in [6, 6.07) is 2.52. The summed E-state index contributed by atoms with van der Waals surface area (Å²) in [6.07, 6.45) is 3.61. The average Bonchev–Trinajstić information content (AvgIpc) is 2.41. The van der Waals surface area contributed by atoms with E-state index < -0.39 is 17.7 Å². The summed E-state index contributed by atoms with van der Waals surface area (Å²) in [5.74, 6) is -1.44. The van der Waals surface area contributed by atoms with Crippen molar-refractivity contribution in [3.05, 3.63) is 35.4 Å². The quantitative estimate of drug-likeness (QED) is 0.895. The molecule has 110 valence electrons. The van der Waals surface area contributed by atoms with Crippen molar-refractivity contribution in [2.45, 2.75) is 44.7 Å². The largest absolute Gasteiger partial charge is 0.349 e. The van der Waals surface area contributed by atoms with Gasteiger partial charge in [0, 0.05) is 11.6 Å². The van der Waals surface area contributed by atoms with Crippen LogP contribution in [0.4, 0.5) is 8.78 Å². The van der Waals surface area contributed by atoms with Gasteiger partial charge < -0.3 is 11.1 Å². The van der Waals surface area contributed by atoms with Crippen LogP contribution >= 0.6 is 0 Å². The molecular formula is C15H20F2N2O. The van der Waals surface area contributed by atoms with Gasteiger partial charge in [-0.25, -0.2) is 8.78 Å². The van der Waals surface area contributed by atoms with Crippen LogP contribution in [0, 0.1) is 17.6 Å². The monoisotopic (exact) mass is 282 g/mol. The smallest absolute Gasteiger partial charge is 0.225 e. The van der Waals surface area contributed by atoms with Crippen molar-refractivity contribution < 1.29 is 13.6 Å². The van der Waals surface area contributed by atoms with Crippen molar-refractivity contribution >= 4 is 5.91 Å². The Kier molecular flexibility index (Phi) is 4.70. The zero-order valence-electron chi connectivity index (χ0n) is 11.5. The molecule has 1 fully saturated rings. The number of halogens is 2. The first-order valence-corrected chi connectivity index (χ1v) is 7.00. The van der Waals surface area contributed by atoms with Crippen LogP contribution in [0.15, 0.2) is 18.2 Å². The molecular weight excluding hydrogens is 262 g/mol. The summed E-state index contributed by atoms with van der Waals surface area (Å²) in [5, 5.41) is 2.74. The third kappa shape index (κ3) is 3.33. The van der Waals surface area contributed by atoms with Crippen LogP contribution in [-0.2, 0) is 4.79 Å². The van der Waals surface area contributed by atoms with E-state index in [0.717, 1.165) is 43.9 Å². The van der Waals surface area contributed by atoms with Crippen LogP contribution in [0.2, 0.25) is 0 Å². The molecule has 3 nitrogen and oxygen atoms in total. The molecule has 2 rings (SSSR count). The van der Waals surface area contributed by atoms with Crippen LogP contribution in [0.25, 0.3) is 0 Å². The van der Waals surface area contributed by atoms with Crippen LogP contribution in [0.5, 0.6) is 0 Å². The molecule has 0 bridgehead atoms. The SMILES string of the molecule is CC(NC(=O)C1CCCCC1N)c1cc(F)ccc1F. The minimum atomic E-state index is -0.577. The molecule has 0 radical (unpaired) electrons. The number of carbonyl (C=O) groups is 1. The maximum atomic E-state index is 13.6. The second-order valence-corrected chi connectivity index (χ2v) is 5.45. The Labute approximate surface area is 117 Å². The predicted molar refractivity (Wildman–Crippen MR) is 72.8 cm³/mol. The number of rotatable bonds is 3. The molecule has 3 unspecified atom stereocenters. The summed E-state index contributed by atoms with van der Waals surface area (Å²) in [4.78, 5) is 12.2. The van der Waals surface area contributed by atoms with E-state index >= 15 is 0 Å². The Bertz CT molecular complexity index is 493. The van der Waals surface area contributed by atoms with Gasteiger partial charge in [0.25, 0.3) is 0 Å². The molecule has 1 aromatic rings. The summed E-state index contributed by atoms with van der Waals surface area (Å²) < 4.78 is 26.8. The number of benzene rings is 1. The number of hydrogen-bond donors (Lipinski definition) is 2. The Morgan fingerprint density at radius 2 is 2.05 bits per heavy atom. The molecule has 0 spiro atoms. The molecule has 3 N–H and O–H groups in total. The molecule has 1 saturated carbocycles. The zero-order chi connectivity index (χ0) is 14.7. The van der Waals surface area contributed by atoms with Crippen LogP contribution in [0.1, 0.15) is 44.2 Å². The first-order valence-electron chi connectivity index (χ1n) is 7.00. The minimum absolute atomic E-state index is 0.145. The molecule has 20 heavy (non-hydrogen) atoms. The van der Waals surface area contributed by atoms with Crippen molar-refractivity contribution in [2.75, 3.05) is 0 Å². The standard InChI is InChI=1S/C15H20F2N2O/c1-9(12-8-10(16)6-7-13(12)17)19-15(20)11-4-2-3-5-14(11)18/h6-9,11,14H,2-5,18H2,1H3,(H,19,20). The van der Waals surface area contributed by atoms with Gasteiger partial charge in [-0.15, -0.1) is 0 Å². The van der Waals surface area contributed by atoms with E-state index in [4.69, 9.17) is 5.73 Å². The van der Waals surface area contributed by atoms with Gasteiger partial charge in [-0.05, 0) is 38.0 Å². The van der Waals surface area contributed by atoms with E-state index in [1.165, 1.54) is 0 Å². The van der Waals surface area contributed by atoms with Crippen LogP contribution < -0.4 is 11.1 Å². The summed E-state index contributed by atoms with van der Waals surface area (Å²) in [7, 11) is 0. The van der Waals surface area contributed by atoms with E-state index in [9.17, 15) is 13.6 Å². The maximum absolute atomic E-state index is 13.6. The van der Waals surface area contributed by atoms with Gasteiger partial charge in [0.1, 0.15) is 11.6 Å². The molecule has 1 aliphatic carbocycles. The molecule has 0 heterocycles. The normalized spacial score (nSPS) is 24.2. The zero-order valence-corrected chi connectivity index (χ0v) is 11.5. The molecule has 3 atom stereocenters. The van der Waals surface area contributed by atoms with Crippen LogP contribution in [-0.4, -0.2) is 11.9 Å². The van der Waals surface area contributed by atoms with Gasteiger partial charge in [-0.2, -0.15) is 0 Å². The molecule has 1 amide bonds. The van der Waals surface area contributed by atoms with Crippen molar-refractivity contribution in [1.29, 1.82) is 0 Å². The van der Waals surface area contributed by atoms with Gasteiger partial charge in [0.05, 0.1) is 12.0 Å². The second-order valence-electron chi connectivity index (χ2n) is 5.45. The van der Waals surface area contributed by atoms with E-state index in [2.05, 4.69) is 5.32 Å². The fourth-order valence-corrected chi connectivity index (χ4v) is 2.73. The van der Waals surface area contributed by atoms with E-state index in [1.807, 2.05) is 0 Å². The van der Waals surface area contributed by atoms with Gasteiger partial charge in [0.2, 0.25) is 5.91 Å². The third-order valence-corrected chi connectivity index (χ3v) is 3.94. The van der Waals surface area contributed by atoms with Crippen molar-refractivity contribution in [3.63, 3.8) is 0 Å². The van der Waals surface area contributed by atoms with Gasteiger partial charge in [-0.1, -0.05) is 12.8 Å². The summed E-state index contributed by atoms with van der Waals surface area (Å²) in [5.41, 5.74) is 6.11. The Balaban J connectivity index is 2.05. The van der Waals surface area contributed by atoms with Crippen molar-refractivity contribution in [2.24, 2.45) is 11.7 Å². The van der Waals surface area contributed by atoms with Gasteiger partial charge in [-0.3, -0.25) is 4.79 Å². The second kappa shape index (κ2) is 6.31. The highest BCUT2D eigenvalue weighted by atomic mass is 19.1. The number of carbonyl (C=O) groups excluding carboxylic acids is 1. The molecule has 0 aliphatic heterocycles. The number of nitrogens with one attached hydrogen (secondary N) is 1. The number of nitrogens with two attached hydrogens (primary N) is 1. The van der Waals surface area contributed by atoms with Gasteiger partial charge >= 0.3 is 0 Å². The summed E-state index contributed by atoms with van der Waals surface area (Å²) in [6.45, 7) is 1.64. The third-order valence-electron chi connectivity index (χ3n) is 3.94. The topological polar surface area (TPSA) is 55.1 Å². The van der Waals surface area contributed by atoms with Crippen molar-refractivity contribution in [1.82, 2.24) is 5.32 Å². The first-order chi connectivity index (χ1) is 9.49. The average molecular weight is 282 g/mol. The Morgan fingerprint density at radius 1 is 1.35 bits per heavy atom. The maximum Gasteiger partial charge on any atom is 0.225 e. The molecule has 5 heteroatoms. The molecule has 0 saturated heterocycles. The highest BCUT2D eigenvalue weighted by Gasteiger charge is 2.29. The fraction of sp³-hybridized carbons (Fsp3) is 0.533. The lowest BCUT2D eigenvalue weighted by molar-refractivity contribution is -0.127. The lowest BCUT2D eigenvalue weighted by atomic mass is 9.84. The molecule has 0 aromatic heterocycles. The first kappa shape index (κ1) is 14.9. The van der Waals surface area contributed by atoms with E-state index in [-0.39, 0.29) is 23.4 Å². The predicted octanol–water partition coefficient (Wildman–Crippen LogP) is 2.66. The lowest BCUT2D eigenvalue weighted by Gasteiger charge is -2.28. The molecule has 1 aliphatic rings. The highest BCUT2D eigenvalue weighted by molar-refractivity contribution is 5.79. The molecule has 1 aromatic carbocycles. The Hall–Kier alpha value is -1.49. The number of hydrogen-bond acceptors (Lipinski definition) is 2.